The van der Waals surface area contributed by atoms with Crippen LogP contribution >= 0.6 is 27.3 Å². The van der Waals surface area contributed by atoms with E-state index in [1.807, 2.05) is 11.3 Å². The van der Waals surface area contributed by atoms with E-state index in [4.69, 9.17) is 0 Å². The van der Waals surface area contributed by atoms with Crippen molar-refractivity contribution >= 4 is 27.3 Å². The zero-order chi connectivity index (χ0) is 9.42. The summed E-state index contributed by atoms with van der Waals surface area (Å²) in [6, 6.07) is 3.36. The normalized spacial score (nSPS) is 28.8. The molecule has 1 aliphatic carbocycles. The molecule has 0 saturated heterocycles. The monoisotopic (exact) mass is 259 g/mol. The van der Waals surface area contributed by atoms with Crippen molar-refractivity contribution in [3.8, 4) is 0 Å². The van der Waals surface area contributed by atoms with Crippen LogP contribution in [0.1, 0.15) is 31.2 Å². The summed E-state index contributed by atoms with van der Waals surface area (Å²) in [5, 5.41) is 5.76. The Morgan fingerprint density at radius 2 is 2.38 bits per heavy atom. The van der Waals surface area contributed by atoms with E-state index < -0.39 is 0 Å². The maximum absolute atomic E-state index is 3.63. The van der Waals surface area contributed by atoms with Crippen LogP contribution in [-0.2, 0) is 0 Å². The number of nitrogens with one attached hydrogen (secondary N) is 1. The summed E-state index contributed by atoms with van der Waals surface area (Å²) in [4.78, 5) is 1.42. The Hall–Kier alpha value is 0.140. The van der Waals surface area contributed by atoms with Crippen molar-refractivity contribution in [2.75, 3.05) is 0 Å². The lowest BCUT2D eigenvalue weighted by molar-refractivity contribution is 0.557. The van der Waals surface area contributed by atoms with Crippen LogP contribution in [0.3, 0.4) is 0 Å². The molecule has 1 N–H and O–H groups in total. The third-order valence-electron chi connectivity index (χ3n) is 2.61. The highest BCUT2D eigenvalue weighted by molar-refractivity contribution is 9.10. The molecular formula is C10H14BrNS. The van der Waals surface area contributed by atoms with Gasteiger partial charge in [0.1, 0.15) is 0 Å². The van der Waals surface area contributed by atoms with Gasteiger partial charge in [-0.15, -0.1) is 11.3 Å². The van der Waals surface area contributed by atoms with Crippen LogP contribution in [0.5, 0.6) is 0 Å². The van der Waals surface area contributed by atoms with Crippen LogP contribution in [0.15, 0.2) is 15.9 Å². The van der Waals surface area contributed by atoms with Gasteiger partial charge in [-0.1, -0.05) is 6.92 Å². The minimum absolute atomic E-state index is 0.490. The number of rotatable bonds is 3. The molecule has 0 aromatic carbocycles. The van der Waals surface area contributed by atoms with Crippen molar-refractivity contribution in [1.82, 2.24) is 5.32 Å². The summed E-state index contributed by atoms with van der Waals surface area (Å²) < 4.78 is 1.24. The standard InChI is InChI=1S/C10H14BrNS/c1-6-5-9(6)12-7(2)10-8(11)3-4-13-10/h3-4,6-7,9,12H,5H2,1-2H3. The van der Waals surface area contributed by atoms with Gasteiger partial charge >= 0.3 is 0 Å². The molecular weight excluding hydrogens is 246 g/mol. The molecule has 1 aromatic heterocycles. The number of halogens is 1. The summed E-state index contributed by atoms with van der Waals surface area (Å²) >= 11 is 5.38. The highest BCUT2D eigenvalue weighted by Crippen LogP contribution is 2.34. The topological polar surface area (TPSA) is 12.0 Å². The molecule has 1 nitrogen and oxygen atoms in total. The Balaban J connectivity index is 1.97. The quantitative estimate of drug-likeness (QED) is 0.876. The van der Waals surface area contributed by atoms with Gasteiger partial charge in [0.05, 0.1) is 0 Å². The number of hydrogen-bond donors (Lipinski definition) is 1. The number of thiophene rings is 1. The molecule has 0 amide bonds. The molecule has 3 unspecified atom stereocenters. The van der Waals surface area contributed by atoms with E-state index in [9.17, 15) is 0 Å². The van der Waals surface area contributed by atoms with Crippen LogP contribution in [0, 0.1) is 5.92 Å². The molecule has 1 fully saturated rings. The van der Waals surface area contributed by atoms with Gasteiger partial charge in [0, 0.05) is 21.4 Å². The molecule has 2 rings (SSSR count). The van der Waals surface area contributed by atoms with Crippen LogP contribution in [0.2, 0.25) is 0 Å². The molecule has 1 saturated carbocycles. The SMILES string of the molecule is CC(NC1CC1C)c1sccc1Br. The average Bonchev–Trinajstić information content (AvgIpc) is 2.62. The lowest BCUT2D eigenvalue weighted by atomic mass is 10.2. The molecule has 72 valence electrons. The van der Waals surface area contributed by atoms with Crippen molar-refractivity contribution in [3.05, 3.63) is 20.8 Å². The van der Waals surface area contributed by atoms with Gasteiger partial charge in [-0.2, -0.15) is 0 Å². The first-order valence-corrected chi connectivity index (χ1v) is 6.34. The first kappa shape index (κ1) is 9.69. The highest BCUT2D eigenvalue weighted by atomic mass is 79.9. The Morgan fingerprint density at radius 3 is 2.85 bits per heavy atom. The molecule has 1 heterocycles. The first-order valence-electron chi connectivity index (χ1n) is 4.67. The highest BCUT2D eigenvalue weighted by Gasteiger charge is 2.33. The predicted molar refractivity (Wildman–Crippen MR) is 61.1 cm³/mol. The fourth-order valence-corrected chi connectivity index (χ4v) is 3.30. The third kappa shape index (κ3) is 2.14. The van der Waals surface area contributed by atoms with E-state index in [1.165, 1.54) is 15.8 Å². The molecule has 1 aliphatic rings. The lowest BCUT2D eigenvalue weighted by Gasteiger charge is -2.12. The van der Waals surface area contributed by atoms with Gasteiger partial charge in [-0.05, 0) is 46.6 Å². The predicted octanol–water partition coefficient (Wildman–Crippen LogP) is 3.57. The zero-order valence-corrected chi connectivity index (χ0v) is 10.3. The Kier molecular flexibility index (Phi) is 2.77. The Morgan fingerprint density at radius 1 is 1.69 bits per heavy atom. The van der Waals surface area contributed by atoms with E-state index >= 15 is 0 Å². The van der Waals surface area contributed by atoms with Crippen molar-refractivity contribution in [3.63, 3.8) is 0 Å². The summed E-state index contributed by atoms with van der Waals surface area (Å²) in [6.45, 7) is 4.54. The molecule has 3 atom stereocenters. The van der Waals surface area contributed by atoms with Gasteiger partial charge in [0.25, 0.3) is 0 Å². The average molecular weight is 260 g/mol. The number of hydrogen-bond acceptors (Lipinski definition) is 2. The van der Waals surface area contributed by atoms with E-state index in [0.29, 0.717) is 6.04 Å². The van der Waals surface area contributed by atoms with Gasteiger partial charge in [-0.3, -0.25) is 0 Å². The molecule has 13 heavy (non-hydrogen) atoms. The van der Waals surface area contributed by atoms with Crippen LogP contribution in [0.4, 0.5) is 0 Å². The lowest BCUT2D eigenvalue weighted by Crippen LogP contribution is -2.21. The minimum atomic E-state index is 0.490. The second-order valence-corrected chi connectivity index (χ2v) is 5.64. The molecule has 0 bridgehead atoms. The smallest absolute Gasteiger partial charge is 0.0399 e. The van der Waals surface area contributed by atoms with Crippen molar-refractivity contribution in [1.29, 1.82) is 0 Å². The third-order valence-corrected chi connectivity index (χ3v) is 4.67. The minimum Gasteiger partial charge on any atom is -0.306 e. The molecule has 0 radical (unpaired) electrons. The van der Waals surface area contributed by atoms with Crippen molar-refractivity contribution in [2.45, 2.75) is 32.4 Å². The van der Waals surface area contributed by atoms with E-state index in [-0.39, 0.29) is 0 Å². The van der Waals surface area contributed by atoms with Crippen LogP contribution in [-0.4, -0.2) is 6.04 Å². The van der Waals surface area contributed by atoms with Crippen molar-refractivity contribution < 1.29 is 0 Å². The molecule has 3 heteroatoms. The van der Waals surface area contributed by atoms with Gasteiger partial charge in [-0.25, -0.2) is 0 Å². The van der Waals surface area contributed by atoms with Gasteiger partial charge in [0.15, 0.2) is 0 Å². The van der Waals surface area contributed by atoms with Crippen molar-refractivity contribution in [2.24, 2.45) is 5.92 Å². The summed E-state index contributed by atoms with van der Waals surface area (Å²) in [6.07, 6.45) is 1.34. The van der Waals surface area contributed by atoms with E-state index in [0.717, 1.165) is 12.0 Å². The fourth-order valence-electron chi connectivity index (χ4n) is 1.57. The van der Waals surface area contributed by atoms with Crippen LogP contribution in [0.25, 0.3) is 0 Å². The van der Waals surface area contributed by atoms with Gasteiger partial charge in [0.2, 0.25) is 0 Å². The molecule has 0 spiro atoms. The zero-order valence-electron chi connectivity index (χ0n) is 7.88. The molecule has 1 aromatic rings. The van der Waals surface area contributed by atoms with E-state index in [1.54, 1.807) is 0 Å². The second kappa shape index (κ2) is 3.71. The largest absolute Gasteiger partial charge is 0.306 e. The van der Waals surface area contributed by atoms with Crippen LogP contribution < -0.4 is 5.32 Å². The summed E-state index contributed by atoms with van der Waals surface area (Å²) in [5.41, 5.74) is 0. The maximum Gasteiger partial charge on any atom is 0.0399 e. The maximum atomic E-state index is 3.63. The summed E-state index contributed by atoms with van der Waals surface area (Å²) in [5.74, 6) is 0.876. The van der Waals surface area contributed by atoms with Gasteiger partial charge < -0.3 is 5.32 Å². The Bertz CT molecular complexity index is 297. The first-order chi connectivity index (χ1) is 6.18. The Labute approximate surface area is 91.7 Å². The van der Waals surface area contributed by atoms with E-state index in [2.05, 4.69) is 46.5 Å². The second-order valence-electron chi connectivity index (χ2n) is 3.84. The molecule has 0 aliphatic heterocycles. The summed E-state index contributed by atoms with van der Waals surface area (Å²) in [7, 11) is 0. The fraction of sp³-hybridized carbons (Fsp3) is 0.600.